The van der Waals surface area contributed by atoms with Gasteiger partial charge in [-0.2, -0.15) is 0 Å². The Bertz CT molecular complexity index is 240. The van der Waals surface area contributed by atoms with E-state index < -0.39 is 0 Å². The van der Waals surface area contributed by atoms with Gasteiger partial charge in [-0.3, -0.25) is 4.79 Å². The van der Waals surface area contributed by atoms with Crippen LogP contribution in [-0.2, 0) is 9.53 Å². The molecule has 0 atom stereocenters. The van der Waals surface area contributed by atoms with Crippen molar-refractivity contribution in [1.29, 1.82) is 0 Å². The second kappa shape index (κ2) is 5.15. The highest BCUT2D eigenvalue weighted by Gasteiger charge is 2.28. The smallest absolute Gasteiger partial charge is 0.246 e. The molecule has 0 unspecified atom stereocenters. The molecule has 0 aromatic rings. The van der Waals surface area contributed by atoms with Crippen molar-refractivity contribution >= 4 is 5.91 Å². The Morgan fingerprint density at radius 2 is 1.94 bits per heavy atom. The molecule has 1 rings (SSSR count). The Balaban J connectivity index is 2.33. The van der Waals surface area contributed by atoms with E-state index in [2.05, 4.69) is 17.6 Å². The molecule has 0 radical (unpaired) electrons. The van der Waals surface area contributed by atoms with E-state index in [1.165, 1.54) is 0 Å². The topological polar surface area (TPSA) is 50.4 Å². The number of piperidine rings is 1. The summed E-state index contributed by atoms with van der Waals surface area (Å²) in [5, 5.41) is 6.35. The highest BCUT2D eigenvalue weighted by molar-refractivity contribution is 5.78. The molecule has 0 bridgehead atoms. The number of ether oxygens (including phenoxy) is 1. The van der Waals surface area contributed by atoms with Crippen LogP contribution >= 0.6 is 0 Å². The summed E-state index contributed by atoms with van der Waals surface area (Å²) in [5.74, 6) is -0.0145. The molecule has 1 aliphatic heterocycles. The molecule has 4 nitrogen and oxygen atoms in total. The van der Waals surface area contributed by atoms with Gasteiger partial charge in [-0.15, -0.1) is 0 Å². The third-order valence-corrected chi connectivity index (χ3v) is 2.78. The van der Waals surface area contributed by atoms with Crippen LogP contribution < -0.4 is 10.6 Å². The molecule has 2 N–H and O–H groups in total. The number of rotatable bonds is 3. The predicted molar refractivity (Wildman–Crippen MR) is 64.4 cm³/mol. The van der Waals surface area contributed by atoms with Crippen LogP contribution in [-0.4, -0.2) is 36.7 Å². The predicted octanol–water partition coefficient (Wildman–Crippen LogP) is 1.06. The normalized spacial score (nSPS) is 20.5. The highest BCUT2D eigenvalue weighted by atomic mass is 16.5. The molecule has 0 aromatic carbocycles. The minimum atomic E-state index is -0.258. The zero-order chi connectivity index (χ0) is 12.2. The Hall–Kier alpha value is -0.610. The summed E-state index contributed by atoms with van der Waals surface area (Å²) >= 11 is 0. The fraction of sp³-hybridized carbons (Fsp3) is 0.917. The van der Waals surface area contributed by atoms with E-state index in [-0.39, 0.29) is 23.7 Å². The first-order valence-electron chi connectivity index (χ1n) is 5.96. The quantitative estimate of drug-likeness (QED) is 0.759. The van der Waals surface area contributed by atoms with Crippen molar-refractivity contribution in [3.05, 3.63) is 0 Å². The summed E-state index contributed by atoms with van der Waals surface area (Å²) < 4.78 is 5.45. The first kappa shape index (κ1) is 13.5. The Morgan fingerprint density at radius 1 is 1.38 bits per heavy atom. The van der Waals surface area contributed by atoms with Crippen LogP contribution in [0.25, 0.3) is 0 Å². The van der Waals surface area contributed by atoms with Crippen molar-refractivity contribution in [2.75, 3.05) is 19.7 Å². The average molecular weight is 228 g/mol. The molecule has 0 spiro atoms. The molecule has 16 heavy (non-hydrogen) atoms. The summed E-state index contributed by atoms with van der Waals surface area (Å²) in [7, 11) is 0. The van der Waals surface area contributed by atoms with Crippen LogP contribution in [0.2, 0.25) is 0 Å². The summed E-state index contributed by atoms with van der Waals surface area (Å²) in [6.07, 6.45) is 1.96. The molecule has 0 aromatic heterocycles. The van der Waals surface area contributed by atoms with Gasteiger partial charge in [0.05, 0.1) is 5.60 Å². The van der Waals surface area contributed by atoms with Crippen molar-refractivity contribution in [1.82, 2.24) is 10.6 Å². The van der Waals surface area contributed by atoms with Gasteiger partial charge >= 0.3 is 0 Å². The van der Waals surface area contributed by atoms with Crippen LogP contribution in [0.3, 0.4) is 0 Å². The molecule has 0 aliphatic carbocycles. The zero-order valence-corrected chi connectivity index (χ0v) is 10.9. The molecule has 4 heteroatoms. The van der Waals surface area contributed by atoms with Gasteiger partial charge in [0.2, 0.25) is 5.91 Å². The summed E-state index contributed by atoms with van der Waals surface area (Å²) in [5.41, 5.74) is -0.323. The van der Waals surface area contributed by atoms with Crippen LogP contribution in [0.1, 0.15) is 40.5 Å². The van der Waals surface area contributed by atoms with Gasteiger partial charge in [0, 0.05) is 5.54 Å². The van der Waals surface area contributed by atoms with E-state index in [1.807, 2.05) is 20.8 Å². The van der Waals surface area contributed by atoms with Gasteiger partial charge in [0.15, 0.2) is 0 Å². The molecular weight excluding hydrogens is 204 g/mol. The molecule has 1 fully saturated rings. The summed E-state index contributed by atoms with van der Waals surface area (Å²) in [4.78, 5) is 11.7. The number of hydrogen-bond acceptors (Lipinski definition) is 3. The number of nitrogens with one attached hydrogen (secondary N) is 2. The van der Waals surface area contributed by atoms with E-state index in [0.29, 0.717) is 0 Å². The lowest BCUT2D eigenvalue weighted by atomic mass is 9.90. The molecule has 1 amide bonds. The van der Waals surface area contributed by atoms with E-state index >= 15 is 0 Å². The van der Waals surface area contributed by atoms with Gasteiger partial charge in [0.1, 0.15) is 6.61 Å². The number of amides is 1. The molecular formula is C12H24N2O2. The second-order valence-electron chi connectivity index (χ2n) is 5.76. The van der Waals surface area contributed by atoms with E-state index in [1.54, 1.807) is 0 Å². The lowest BCUT2D eigenvalue weighted by molar-refractivity contribution is -0.132. The van der Waals surface area contributed by atoms with Crippen molar-refractivity contribution in [2.45, 2.75) is 51.7 Å². The zero-order valence-electron chi connectivity index (χ0n) is 10.9. The van der Waals surface area contributed by atoms with Gasteiger partial charge < -0.3 is 15.4 Å². The average Bonchev–Trinajstić information content (AvgIpc) is 2.14. The van der Waals surface area contributed by atoms with E-state index in [4.69, 9.17) is 4.74 Å². The van der Waals surface area contributed by atoms with Crippen LogP contribution in [0.4, 0.5) is 0 Å². The molecule has 1 heterocycles. The minimum Gasteiger partial charge on any atom is -0.366 e. The minimum absolute atomic E-state index is 0.0145. The van der Waals surface area contributed by atoms with Crippen LogP contribution in [0, 0.1) is 0 Å². The Kier molecular flexibility index (Phi) is 4.33. The van der Waals surface area contributed by atoms with Crippen LogP contribution in [0.5, 0.6) is 0 Å². The lowest BCUT2D eigenvalue weighted by Gasteiger charge is -2.35. The third-order valence-electron chi connectivity index (χ3n) is 2.78. The van der Waals surface area contributed by atoms with Gasteiger partial charge in [0.25, 0.3) is 0 Å². The van der Waals surface area contributed by atoms with E-state index in [0.717, 1.165) is 25.9 Å². The van der Waals surface area contributed by atoms with Gasteiger partial charge in [-0.25, -0.2) is 0 Å². The molecule has 1 aliphatic rings. The Morgan fingerprint density at radius 3 is 2.44 bits per heavy atom. The largest absolute Gasteiger partial charge is 0.366 e. The maximum atomic E-state index is 11.7. The van der Waals surface area contributed by atoms with Gasteiger partial charge in [-0.05, 0) is 53.6 Å². The maximum absolute atomic E-state index is 11.7. The fourth-order valence-corrected chi connectivity index (χ4v) is 1.76. The summed E-state index contributed by atoms with van der Waals surface area (Å²) in [6.45, 7) is 10.0. The molecule has 94 valence electrons. The lowest BCUT2D eigenvalue weighted by Crippen LogP contribution is -2.53. The number of carbonyl (C=O) groups excluding carboxylic acids is 1. The third kappa shape index (κ3) is 4.94. The second-order valence-corrected chi connectivity index (χ2v) is 5.76. The number of carbonyl (C=O) groups is 1. The first-order valence-corrected chi connectivity index (χ1v) is 5.96. The van der Waals surface area contributed by atoms with Crippen molar-refractivity contribution < 1.29 is 9.53 Å². The molecule has 1 saturated heterocycles. The van der Waals surface area contributed by atoms with Crippen molar-refractivity contribution in [2.24, 2.45) is 0 Å². The fourth-order valence-electron chi connectivity index (χ4n) is 1.76. The number of hydrogen-bond donors (Lipinski definition) is 2. The van der Waals surface area contributed by atoms with Crippen molar-refractivity contribution in [3.63, 3.8) is 0 Å². The maximum Gasteiger partial charge on any atom is 0.246 e. The summed E-state index contributed by atoms with van der Waals surface area (Å²) in [6, 6.07) is 0. The van der Waals surface area contributed by atoms with Crippen LogP contribution in [0.15, 0.2) is 0 Å². The highest BCUT2D eigenvalue weighted by Crippen LogP contribution is 2.17. The standard InChI is InChI=1S/C12H24N2O2/c1-11(2,3)16-9-10(15)14-12(4)5-7-13-8-6-12/h13H,5-9H2,1-4H3,(H,14,15). The Labute approximate surface area is 98.1 Å². The monoisotopic (exact) mass is 228 g/mol. The van der Waals surface area contributed by atoms with E-state index in [9.17, 15) is 4.79 Å². The SMILES string of the molecule is CC1(NC(=O)COC(C)(C)C)CCNCC1. The first-order chi connectivity index (χ1) is 7.31. The van der Waals surface area contributed by atoms with Gasteiger partial charge in [-0.1, -0.05) is 0 Å². The van der Waals surface area contributed by atoms with Crippen molar-refractivity contribution in [3.8, 4) is 0 Å². The molecule has 0 saturated carbocycles.